The number of thiophene rings is 1. The van der Waals surface area contributed by atoms with Crippen LogP contribution < -0.4 is 5.32 Å². The van der Waals surface area contributed by atoms with Crippen LogP contribution in [-0.4, -0.2) is 10.9 Å². The van der Waals surface area contributed by atoms with E-state index in [4.69, 9.17) is 0 Å². The highest BCUT2D eigenvalue weighted by Gasteiger charge is 2.27. The first-order valence-corrected chi connectivity index (χ1v) is 9.18. The van der Waals surface area contributed by atoms with Crippen LogP contribution in [-0.2, 0) is 16.6 Å². The number of halogens is 1. The van der Waals surface area contributed by atoms with Crippen LogP contribution in [0.25, 0.3) is 21.5 Å². The number of carbonyl (C=O) groups excluding carboxylic acids is 1. The highest BCUT2D eigenvalue weighted by molar-refractivity contribution is 9.10. The summed E-state index contributed by atoms with van der Waals surface area (Å²) in [7, 11) is 0. The lowest BCUT2D eigenvalue weighted by Crippen LogP contribution is -2.13. The Bertz CT molecular complexity index is 946. The zero-order valence-corrected chi connectivity index (χ0v) is 15.6. The topological polar surface area (TPSA) is 44.9 Å². The van der Waals surface area contributed by atoms with Gasteiger partial charge in [-0.2, -0.15) is 0 Å². The Kier molecular flexibility index (Phi) is 3.22. The third kappa shape index (κ3) is 2.42. The molecule has 0 bridgehead atoms. The number of benzene rings is 1. The van der Waals surface area contributed by atoms with Crippen molar-refractivity contribution in [3.63, 3.8) is 0 Å². The molecule has 2 aromatic heterocycles. The Labute approximate surface area is 147 Å². The summed E-state index contributed by atoms with van der Waals surface area (Å²) >= 11 is 5.29. The van der Waals surface area contributed by atoms with Gasteiger partial charge < -0.3 is 10.3 Å². The number of H-pyrrole nitrogens is 1. The van der Waals surface area contributed by atoms with Crippen molar-refractivity contribution in [2.45, 2.75) is 32.6 Å². The number of amides is 1. The lowest BCUT2D eigenvalue weighted by Gasteiger charge is -2.15. The molecule has 1 amide bonds. The third-order valence-corrected chi connectivity index (χ3v) is 6.25. The zero-order chi connectivity index (χ0) is 16.4. The molecule has 0 radical (unpaired) electrons. The molecule has 0 fully saturated rings. The minimum atomic E-state index is 0.0455. The summed E-state index contributed by atoms with van der Waals surface area (Å²) in [5.74, 6) is 0.0455. The Balaban J connectivity index is 2.02. The Morgan fingerprint density at radius 3 is 2.74 bits per heavy atom. The maximum atomic E-state index is 12.4. The van der Waals surface area contributed by atoms with Gasteiger partial charge in [-0.15, -0.1) is 11.3 Å². The molecule has 4 rings (SSSR count). The lowest BCUT2D eigenvalue weighted by atomic mass is 9.94. The van der Waals surface area contributed by atoms with Crippen LogP contribution in [0.5, 0.6) is 0 Å². The van der Waals surface area contributed by atoms with Gasteiger partial charge in [0.15, 0.2) is 0 Å². The third-order valence-electron chi connectivity index (χ3n) is 4.18. The number of nitrogens with one attached hydrogen (secondary N) is 2. The fraction of sp³-hybridized carbons (Fsp3) is 0.278. The van der Waals surface area contributed by atoms with E-state index >= 15 is 0 Å². The fourth-order valence-corrected chi connectivity index (χ4v) is 4.55. The quantitative estimate of drug-likeness (QED) is 0.528. The molecule has 3 aromatic rings. The van der Waals surface area contributed by atoms with E-state index in [-0.39, 0.29) is 11.3 Å². The van der Waals surface area contributed by atoms with Crippen LogP contribution in [0, 0.1) is 0 Å². The molecular formula is C18H17BrN2OS. The second-order valence-electron chi connectivity index (χ2n) is 7.00. The fourth-order valence-electron chi connectivity index (χ4n) is 2.99. The van der Waals surface area contributed by atoms with Gasteiger partial charge in [-0.1, -0.05) is 36.7 Å². The van der Waals surface area contributed by atoms with Crippen molar-refractivity contribution in [2.24, 2.45) is 0 Å². The minimum absolute atomic E-state index is 0.0455. The Hall–Kier alpha value is -1.59. The van der Waals surface area contributed by atoms with E-state index < -0.39 is 0 Å². The van der Waals surface area contributed by atoms with Crippen molar-refractivity contribution in [1.82, 2.24) is 4.98 Å². The van der Waals surface area contributed by atoms with Crippen LogP contribution in [0.4, 0.5) is 5.69 Å². The molecule has 0 saturated carbocycles. The maximum absolute atomic E-state index is 12.4. The Morgan fingerprint density at radius 1 is 1.22 bits per heavy atom. The predicted octanol–water partition coefficient (Wildman–Crippen LogP) is 5.45. The average Bonchev–Trinajstić information content (AvgIpc) is 2.98. The molecule has 1 aliphatic heterocycles. The molecule has 3 heterocycles. The van der Waals surface area contributed by atoms with Gasteiger partial charge in [-0.25, -0.2) is 0 Å². The summed E-state index contributed by atoms with van der Waals surface area (Å²) in [6.07, 6.45) is 0.401. The van der Waals surface area contributed by atoms with Crippen molar-refractivity contribution >= 4 is 49.8 Å². The molecule has 0 spiro atoms. The summed E-state index contributed by atoms with van der Waals surface area (Å²) in [5.41, 5.74) is 4.22. The molecule has 0 aliphatic carbocycles. The molecule has 1 aromatic carbocycles. The van der Waals surface area contributed by atoms with E-state index in [2.05, 4.69) is 65.2 Å². The van der Waals surface area contributed by atoms with Crippen molar-refractivity contribution in [2.75, 3.05) is 5.32 Å². The number of rotatable bonds is 0. The summed E-state index contributed by atoms with van der Waals surface area (Å²) in [4.78, 5) is 18.3. The van der Waals surface area contributed by atoms with E-state index in [0.717, 1.165) is 37.2 Å². The van der Waals surface area contributed by atoms with Gasteiger partial charge in [0.1, 0.15) is 0 Å². The standard InChI is InChI=1S/C18H17BrN2OS/c1-18(2,3)14-8-13-17(23-14)16-11(7-15(22)20-13)10-6-9(19)4-5-12(10)21-16/h4-6,8,21H,7H2,1-3H3,(H,20,22). The summed E-state index contributed by atoms with van der Waals surface area (Å²) in [6.45, 7) is 6.59. The average molecular weight is 389 g/mol. The molecule has 0 atom stereocenters. The van der Waals surface area contributed by atoms with Crippen LogP contribution in [0.1, 0.15) is 31.2 Å². The summed E-state index contributed by atoms with van der Waals surface area (Å²) in [6, 6.07) is 8.29. The summed E-state index contributed by atoms with van der Waals surface area (Å²) < 4.78 is 1.03. The molecule has 2 N–H and O–H groups in total. The number of carbonyl (C=O) groups is 1. The van der Waals surface area contributed by atoms with Gasteiger partial charge in [0.05, 0.1) is 22.7 Å². The SMILES string of the molecule is CC(C)(C)c1cc2c(s1)-c1[nH]c3ccc(Br)cc3c1CC(=O)N2. The zero-order valence-electron chi connectivity index (χ0n) is 13.2. The van der Waals surface area contributed by atoms with Crippen LogP contribution >= 0.6 is 27.3 Å². The molecule has 5 heteroatoms. The number of fused-ring (bicyclic) bond motifs is 5. The highest BCUT2D eigenvalue weighted by Crippen LogP contribution is 2.45. The summed E-state index contributed by atoms with van der Waals surface area (Å²) in [5, 5.41) is 4.18. The van der Waals surface area contributed by atoms with Gasteiger partial charge >= 0.3 is 0 Å². The smallest absolute Gasteiger partial charge is 0.228 e. The largest absolute Gasteiger partial charge is 0.354 e. The number of hydrogen-bond acceptors (Lipinski definition) is 2. The molecule has 0 unspecified atom stereocenters. The van der Waals surface area contributed by atoms with Gasteiger partial charge in [0, 0.05) is 20.3 Å². The van der Waals surface area contributed by atoms with E-state index in [1.54, 1.807) is 11.3 Å². The van der Waals surface area contributed by atoms with E-state index in [1.165, 1.54) is 4.88 Å². The molecular weight excluding hydrogens is 372 g/mol. The van der Waals surface area contributed by atoms with Crippen LogP contribution in [0.3, 0.4) is 0 Å². The number of aromatic nitrogens is 1. The van der Waals surface area contributed by atoms with Gasteiger partial charge in [0.2, 0.25) is 5.91 Å². The maximum Gasteiger partial charge on any atom is 0.228 e. The van der Waals surface area contributed by atoms with Crippen molar-refractivity contribution in [3.05, 3.63) is 39.2 Å². The molecule has 23 heavy (non-hydrogen) atoms. The van der Waals surface area contributed by atoms with E-state index in [0.29, 0.717) is 6.42 Å². The first-order valence-electron chi connectivity index (χ1n) is 7.57. The normalized spacial score (nSPS) is 14.3. The van der Waals surface area contributed by atoms with E-state index in [1.807, 2.05) is 6.07 Å². The second-order valence-corrected chi connectivity index (χ2v) is 8.96. The highest BCUT2D eigenvalue weighted by atomic mass is 79.9. The number of aromatic amines is 1. The molecule has 118 valence electrons. The van der Waals surface area contributed by atoms with Crippen LogP contribution in [0.2, 0.25) is 0 Å². The molecule has 1 aliphatic rings. The molecule has 3 nitrogen and oxygen atoms in total. The van der Waals surface area contributed by atoms with Crippen molar-refractivity contribution in [3.8, 4) is 10.6 Å². The first-order chi connectivity index (χ1) is 10.8. The van der Waals surface area contributed by atoms with Gasteiger partial charge in [0.25, 0.3) is 0 Å². The lowest BCUT2D eigenvalue weighted by molar-refractivity contribution is -0.115. The predicted molar refractivity (Wildman–Crippen MR) is 100 cm³/mol. The van der Waals surface area contributed by atoms with Crippen molar-refractivity contribution in [1.29, 1.82) is 0 Å². The number of hydrogen-bond donors (Lipinski definition) is 2. The van der Waals surface area contributed by atoms with Gasteiger partial charge in [-0.05, 0) is 35.2 Å². The minimum Gasteiger partial charge on any atom is -0.354 e. The monoisotopic (exact) mass is 388 g/mol. The Morgan fingerprint density at radius 2 is 2.00 bits per heavy atom. The number of anilines is 1. The van der Waals surface area contributed by atoms with Crippen molar-refractivity contribution < 1.29 is 4.79 Å². The first kappa shape index (κ1) is 15.0. The second kappa shape index (κ2) is 4.95. The van der Waals surface area contributed by atoms with Crippen LogP contribution in [0.15, 0.2) is 28.7 Å². The molecule has 0 saturated heterocycles. The van der Waals surface area contributed by atoms with Gasteiger partial charge in [-0.3, -0.25) is 4.79 Å². The van der Waals surface area contributed by atoms with E-state index in [9.17, 15) is 4.79 Å².